The fourth-order valence-corrected chi connectivity index (χ4v) is 2.73. The Balaban J connectivity index is 2.26. The second-order valence-electron chi connectivity index (χ2n) is 3.90. The Hall–Kier alpha value is -2.13. The van der Waals surface area contributed by atoms with Crippen molar-refractivity contribution >= 4 is 15.7 Å². The molecule has 0 fully saturated rings. The van der Waals surface area contributed by atoms with Crippen LogP contribution in [0, 0.1) is 0 Å². The van der Waals surface area contributed by atoms with E-state index >= 15 is 0 Å². The summed E-state index contributed by atoms with van der Waals surface area (Å²) in [5.74, 6) is 0.669. The summed E-state index contributed by atoms with van der Waals surface area (Å²) < 4.78 is 32.2. The van der Waals surface area contributed by atoms with Gasteiger partial charge < -0.3 is 10.5 Å². The number of aromatic amines is 1. The van der Waals surface area contributed by atoms with Crippen molar-refractivity contribution in [3.05, 3.63) is 30.4 Å². The summed E-state index contributed by atoms with van der Waals surface area (Å²) in [7, 11) is -3.75. The van der Waals surface area contributed by atoms with Gasteiger partial charge in [-0.05, 0) is 25.1 Å². The summed E-state index contributed by atoms with van der Waals surface area (Å²) in [4.78, 5) is 3.84. The van der Waals surface area contributed by atoms with E-state index in [2.05, 4.69) is 19.9 Å². The number of nitrogens with one attached hydrogen (secondary N) is 2. The second-order valence-corrected chi connectivity index (χ2v) is 5.63. The summed E-state index contributed by atoms with van der Waals surface area (Å²) in [6.07, 6.45) is 1.30. The second kappa shape index (κ2) is 5.88. The van der Waals surface area contributed by atoms with Crippen molar-refractivity contribution < 1.29 is 13.2 Å². The van der Waals surface area contributed by atoms with E-state index in [1.54, 1.807) is 13.0 Å². The van der Waals surface area contributed by atoms with Gasteiger partial charge in [-0.15, -0.1) is 0 Å². The third kappa shape index (κ3) is 3.25. The largest absolute Gasteiger partial charge is 0.492 e. The van der Waals surface area contributed by atoms with E-state index in [-0.39, 0.29) is 17.2 Å². The summed E-state index contributed by atoms with van der Waals surface area (Å²) in [6, 6.07) is 4.47. The minimum atomic E-state index is -3.75. The zero-order chi connectivity index (χ0) is 14.6. The average Bonchev–Trinajstić information content (AvgIpc) is 2.92. The number of nitrogens with zero attached hydrogens (tertiary/aromatic N) is 2. The average molecular weight is 297 g/mol. The van der Waals surface area contributed by atoms with E-state index in [4.69, 9.17) is 10.5 Å². The molecule has 0 aliphatic carbocycles. The van der Waals surface area contributed by atoms with E-state index in [1.807, 2.05) is 0 Å². The fraction of sp³-hybridized carbons (Fsp3) is 0.273. The van der Waals surface area contributed by atoms with Gasteiger partial charge in [-0.3, -0.25) is 5.10 Å². The molecule has 0 saturated heterocycles. The summed E-state index contributed by atoms with van der Waals surface area (Å²) in [6.45, 7) is 2.13. The number of ether oxygens (including phenoxy) is 1. The number of rotatable bonds is 6. The third-order valence-corrected chi connectivity index (χ3v) is 3.87. The molecule has 1 aromatic carbocycles. The van der Waals surface area contributed by atoms with Crippen LogP contribution in [0.4, 0.5) is 5.69 Å². The molecule has 0 amide bonds. The molecule has 0 aliphatic heterocycles. The van der Waals surface area contributed by atoms with Crippen LogP contribution in [0.5, 0.6) is 5.75 Å². The van der Waals surface area contributed by atoms with Gasteiger partial charge in [0.05, 0.1) is 13.2 Å². The highest BCUT2D eigenvalue weighted by atomic mass is 32.2. The van der Waals surface area contributed by atoms with Crippen LogP contribution in [0.3, 0.4) is 0 Å². The highest BCUT2D eigenvalue weighted by Crippen LogP contribution is 2.26. The van der Waals surface area contributed by atoms with Crippen LogP contribution < -0.4 is 15.2 Å². The quantitative estimate of drug-likeness (QED) is 0.657. The first-order valence-electron chi connectivity index (χ1n) is 5.89. The lowest BCUT2D eigenvalue weighted by Crippen LogP contribution is -2.24. The van der Waals surface area contributed by atoms with Gasteiger partial charge >= 0.3 is 0 Å². The van der Waals surface area contributed by atoms with Crippen molar-refractivity contribution in [1.29, 1.82) is 0 Å². The Morgan fingerprint density at radius 2 is 2.25 bits per heavy atom. The Labute approximate surface area is 116 Å². The number of nitrogens with two attached hydrogens (primary N) is 1. The third-order valence-electron chi connectivity index (χ3n) is 2.45. The molecule has 0 aliphatic rings. The first-order chi connectivity index (χ1) is 9.53. The van der Waals surface area contributed by atoms with Crippen LogP contribution in [-0.2, 0) is 16.6 Å². The normalized spacial score (nSPS) is 11.4. The van der Waals surface area contributed by atoms with Gasteiger partial charge in [-0.1, -0.05) is 0 Å². The fourth-order valence-electron chi connectivity index (χ4n) is 1.57. The standard InChI is InChI=1S/C11H15N5O3S/c1-2-19-9-4-3-8(12)5-10(9)20(17,18)15-6-11-13-7-14-16-11/h3-5,7,15H,2,6,12H2,1H3,(H,13,14,16). The molecule has 20 heavy (non-hydrogen) atoms. The predicted octanol–water partition coefficient (Wildman–Crippen LogP) is 0.264. The molecule has 108 valence electrons. The monoisotopic (exact) mass is 297 g/mol. The first-order valence-corrected chi connectivity index (χ1v) is 7.37. The molecule has 0 bridgehead atoms. The van der Waals surface area contributed by atoms with Gasteiger partial charge in [0.2, 0.25) is 10.0 Å². The van der Waals surface area contributed by atoms with Crippen LogP contribution in [0.2, 0.25) is 0 Å². The van der Waals surface area contributed by atoms with Crippen LogP contribution >= 0.6 is 0 Å². The number of aromatic nitrogens is 3. The number of hydrogen-bond donors (Lipinski definition) is 3. The number of sulfonamides is 1. The smallest absolute Gasteiger partial charge is 0.244 e. The van der Waals surface area contributed by atoms with Crippen LogP contribution in [0.15, 0.2) is 29.4 Å². The number of H-pyrrole nitrogens is 1. The molecular weight excluding hydrogens is 282 g/mol. The van der Waals surface area contributed by atoms with Gasteiger partial charge in [0.15, 0.2) is 0 Å². The van der Waals surface area contributed by atoms with Crippen LogP contribution in [-0.4, -0.2) is 30.2 Å². The molecule has 9 heteroatoms. The molecular formula is C11H15N5O3S. The molecule has 0 atom stereocenters. The molecule has 1 aromatic heterocycles. The maximum Gasteiger partial charge on any atom is 0.244 e. The number of hydrogen-bond acceptors (Lipinski definition) is 6. The van der Waals surface area contributed by atoms with Crippen molar-refractivity contribution in [3.8, 4) is 5.75 Å². The number of benzene rings is 1. The maximum atomic E-state index is 12.3. The van der Waals surface area contributed by atoms with Crippen molar-refractivity contribution in [1.82, 2.24) is 19.9 Å². The number of anilines is 1. The Morgan fingerprint density at radius 1 is 1.45 bits per heavy atom. The number of nitrogen functional groups attached to an aromatic ring is 1. The molecule has 4 N–H and O–H groups in total. The van der Waals surface area contributed by atoms with E-state index in [0.717, 1.165) is 0 Å². The SMILES string of the molecule is CCOc1ccc(N)cc1S(=O)(=O)NCc1ncn[nH]1. The van der Waals surface area contributed by atoms with Gasteiger partial charge in [-0.2, -0.15) is 5.10 Å². The highest BCUT2D eigenvalue weighted by Gasteiger charge is 2.20. The van der Waals surface area contributed by atoms with Crippen LogP contribution in [0.25, 0.3) is 0 Å². The topological polar surface area (TPSA) is 123 Å². The minimum Gasteiger partial charge on any atom is -0.492 e. The van der Waals surface area contributed by atoms with Gasteiger partial charge in [-0.25, -0.2) is 18.1 Å². The minimum absolute atomic E-state index is 0.00105. The van der Waals surface area contributed by atoms with E-state index in [1.165, 1.54) is 18.5 Å². The highest BCUT2D eigenvalue weighted by molar-refractivity contribution is 7.89. The lowest BCUT2D eigenvalue weighted by Gasteiger charge is -2.12. The summed E-state index contributed by atoms with van der Waals surface area (Å²) >= 11 is 0. The molecule has 0 unspecified atom stereocenters. The summed E-state index contributed by atoms with van der Waals surface area (Å²) in [5, 5.41) is 6.21. The van der Waals surface area contributed by atoms with Crippen molar-refractivity contribution in [2.24, 2.45) is 0 Å². The Morgan fingerprint density at radius 3 is 2.90 bits per heavy atom. The lowest BCUT2D eigenvalue weighted by molar-refractivity contribution is 0.331. The predicted molar refractivity (Wildman–Crippen MR) is 72.4 cm³/mol. The molecule has 0 spiro atoms. The van der Waals surface area contributed by atoms with Crippen molar-refractivity contribution in [2.45, 2.75) is 18.4 Å². The van der Waals surface area contributed by atoms with Crippen molar-refractivity contribution in [2.75, 3.05) is 12.3 Å². The van der Waals surface area contributed by atoms with Crippen molar-refractivity contribution in [3.63, 3.8) is 0 Å². The van der Waals surface area contributed by atoms with E-state index in [0.29, 0.717) is 18.1 Å². The van der Waals surface area contributed by atoms with Gasteiger partial charge in [0, 0.05) is 5.69 Å². The molecule has 8 nitrogen and oxygen atoms in total. The lowest BCUT2D eigenvalue weighted by atomic mass is 10.3. The molecule has 0 saturated carbocycles. The first kappa shape index (κ1) is 14.3. The molecule has 1 heterocycles. The zero-order valence-corrected chi connectivity index (χ0v) is 11.6. The van der Waals surface area contributed by atoms with Gasteiger partial charge in [0.1, 0.15) is 22.8 Å². The zero-order valence-electron chi connectivity index (χ0n) is 10.8. The maximum absolute atomic E-state index is 12.3. The Bertz CT molecular complexity index is 669. The van der Waals surface area contributed by atoms with E-state index < -0.39 is 10.0 Å². The van der Waals surface area contributed by atoms with Crippen LogP contribution in [0.1, 0.15) is 12.7 Å². The molecule has 2 aromatic rings. The van der Waals surface area contributed by atoms with E-state index in [9.17, 15) is 8.42 Å². The van der Waals surface area contributed by atoms with Gasteiger partial charge in [0.25, 0.3) is 0 Å². The summed E-state index contributed by atoms with van der Waals surface area (Å²) in [5.41, 5.74) is 5.98. The molecule has 2 rings (SSSR count). The Kier molecular flexibility index (Phi) is 4.20. The molecule has 0 radical (unpaired) electrons.